The summed E-state index contributed by atoms with van der Waals surface area (Å²) in [5, 5.41) is 3.42. The van der Waals surface area contributed by atoms with Crippen molar-refractivity contribution in [1.82, 2.24) is 10.2 Å². The summed E-state index contributed by atoms with van der Waals surface area (Å²) in [5.41, 5.74) is 1.24. The van der Waals surface area contributed by atoms with Crippen LogP contribution in [0.1, 0.15) is 12.0 Å². The number of benzene rings is 1. The Morgan fingerprint density at radius 1 is 1.15 bits per heavy atom. The molecule has 6 heteroatoms. The first-order chi connectivity index (χ1) is 9.24. The van der Waals surface area contributed by atoms with E-state index in [-0.39, 0.29) is 12.4 Å². The van der Waals surface area contributed by atoms with Crippen molar-refractivity contribution in [3.63, 3.8) is 0 Å². The van der Waals surface area contributed by atoms with E-state index in [0.29, 0.717) is 0 Å². The van der Waals surface area contributed by atoms with Gasteiger partial charge >= 0.3 is 0 Å². The quantitative estimate of drug-likeness (QED) is 0.889. The Kier molecular flexibility index (Phi) is 7.66. The molecule has 1 aromatic carbocycles. The lowest BCUT2D eigenvalue weighted by Crippen LogP contribution is -2.27. The largest absolute Gasteiger partial charge is 0.493 e. The molecule has 0 radical (unpaired) electrons. The molecule has 1 aromatic rings. The first-order valence-electron chi connectivity index (χ1n) is 6.58. The summed E-state index contributed by atoms with van der Waals surface area (Å²) in [6.45, 7) is 5.33. The van der Waals surface area contributed by atoms with Gasteiger partial charge in [0.15, 0.2) is 11.5 Å². The number of ether oxygens (including phenoxy) is 2. The zero-order valence-corrected chi connectivity index (χ0v) is 14.3. The molecule has 0 amide bonds. The minimum absolute atomic E-state index is 0. The van der Waals surface area contributed by atoms with Gasteiger partial charge < -0.3 is 14.8 Å². The van der Waals surface area contributed by atoms with Crippen LogP contribution in [0.4, 0.5) is 0 Å². The normalized spacial score (nSPS) is 16.1. The SMILES string of the molecule is COc1cc(Br)c(CN2CCCNCC2)cc1OC.Cl. The Bertz CT molecular complexity index is 424. The standard InChI is InChI=1S/C14H21BrN2O2.ClH/c1-18-13-8-11(12(15)9-14(13)19-2)10-17-6-3-4-16-5-7-17;/h8-9,16H,3-7,10H2,1-2H3;1H. The van der Waals surface area contributed by atoms with Gasteiger partial charge in [0.2, 0.25) is 0 Å². The third kappa shape index (κ3) is 4.52. The van der Waals surface area contributed by atoms with Gasteiger partial charge in [0.05, 0.1) is 14.2 Å². The van der Waals surface area contributed by atoms with Crippen molar-refractivity contribution in [2.45, 2.75) is 13.0 Å². The van der Waals surface area contributed by atoms with Crippen molar-refractivity contribution in [3.8, 4) is 11.5 Å². The average molecular weight is 366 g/mol. The van der Waals surface area contributed by atoms with E-state index in [9.17, 15) is 0 Å². The fraction of sp³-hybridized carbons (Fsp3) is 0.571. The van der Waals surface area contributed by atoms with Crippen LogP contribution in [0.2, 0.25) is 0 Å². The molecule has 1 N–H and O–H groups in total. The Morgan fingerprint density at radius 3 is 2.55 bits per heavy atom. The molecule has 2 rings (SSSR count). The van der Waals surface area contributed by atoms with E-state index >= 15 is 0 Å². The fourth-order valence-corrected chi connectivity index (χ4v) is 2.77. The maximum atomic E-state index is 5.37. The molecule has 1 saturated heterocycles. The van der Waals surface area contributed by atoms with Crippen LogP contribution in [0.15, 0.2) is 16.6 Å². The molecule has 0 aromatic heterocycles. The average Bonchev–Trinajstić information content (AvgIpc) is 2.69. The van der Waals surface area contributed by atoms with Crippen molar-refractivity contribution >= 4 is 28.3 Å². The van der Waals surface area contributed by atoms with Gasteiger partial charge in [-0.3, -0.25) is 4.90 Å². The lowest BCUT2D eigenvalue weighted by atomic mass is 10.2. The molecule has 0 spiro atoms. The first-order valence-corrected chi connectivity index (χ1v) is 7.37. The van der Waals surface area contributed by atoms with Gasteiger partial charge in [0.1, 0.15) is 0 Å². The van der Waals surface area contributed by atoms with Crippen LogP contribution in [0, 0.1) is 0 Å². The van der Waals surface area contributed by atoms with Crippen LogP contribution in [0.25, 0.3) is 0 Å². The number of methoxy groups -OCH3 is 2. The van der Waals surface area contributed by atoms with Crippen LogP contribution in [0.3, 0.4) is 0 Å². The van der Waals surface area contributed by atoms with Gasteiger partial charge in [-0.2, -0.15) is 0 Å². The van der Waals surface area contributed by atoms with Gasteiger partial charge in [0, 0.05) is 24.1 Å². The van der Waals surface area contributed by atoms with E-state index in [1.165, 1.54) is 12.0 Å². The summed E-state index contributed by atoms with van der Waals surface area (Å²) in [6.07, 6.45) is 1.20. The lowest BCUT2D eigenvalue weighted by Gasteiger charge is -2.21. The summed E-state index contributed by atoms with van der Waals surface area (Å²) < 4.78 is 11.7. The summed E-state index contributed by atoms with van der Waals surface area (Å²) >= 11 is 3.62. The smallest absolute Gasteiger partial charge is 0.161 e. The number of rotatable bonds is 4. The predicted octanol–water partition coefficient (Wildman–Crippen LogP) is 2.68. The molecular weight excluding hydrogens is 344 g/mol. The highest BCUT2D eigenvalue weighted by Gasteiger charge is 2.14. The number of hydrogen-bond donors (Lipinski definition) is 1. The Morgan fingerprint density at radius 2 is 1.85 bits per heavy atom. The zero-order valence-electron chi connectivity index (χ0n) is 11.9. The maximum absolute atomic E-state index is 5.37. The van der Waals surface area contributed by atoms with Crippen molar-refractivity contribution in [2.24, 2.45) is 0 Å². The van der Waals surface area contributed by atoms with Crippen LogP contribution in [-0.4, -0.2) is 45.3 Å². The van der Waals surface area contributed by atoms with Crippen molar-refractivity contribution in [1.29, 1.82) is 0 Å². The Labute approximate surface area is 135 Å². The first kappa shape index (κ1) is 17.6. The molecule has 0 unspecified atom stereocenters. The van der Waals surface area contributed by atoms with Gasteiger partial charge in [-0.1, -0.05) is 15.9 Å². The maximum Gasteiger partial charge on any atom is 0.161 e. The summed E-state index contributed by atoms with van der Waals surface area (Å²) in [7, 11) is 3.33. The number of hydrogen-bond acceptors (Lipinski definition) is 4. The van der Waals surface area contributed by atoms with E-state index in [1.807, 2.05) is 6.07 Å². The Hall–Kier alpha value is -0.490. The van der Waals surface area contributed by atoms with Gasteiger partial charge in [-0.15, -0.1) is 12.4 Å². The Balaban J connectivity index is 0.00000200. The molecular formula is C14H22BrClN2O2. The number of nitrogens with zero attached hydrogens (tertiary/aromatic N) is 1. The third-order valence-electron chi connectivity index (χ3n) is 3.38. The second-order valence-corrected chi connectivity index (χ2v) is 5.53. The summed E-state index contributed by atoms with van der Waals surface area (Å²) in [6, 6.07) is 4.03. The van der Waals surface area contributed by atoms with Crippen LogP contribution >= 0.6 is 28.3 Å². The van der Waals surface area contributed by atoms with Crippen molar-refractivity contribution < 1.29 is 9.47 Å². The third-order valence-corrected chi connectivity index (χ3v) is 4.12. The van der Waals surface area contributed by atoms with E-state index in [2.05, 4.69) is 32.2 Å². The molecule has 0 saturated carbocycles. The zero-order chi connectivity index (χ0) is 13.7. The molecule has 0 bridgehead atoms. The fourth-order valence-electron chi connectivity index (χ4n) is 2.32. The van der Waals surface area contributed by atoms with E-state index in [1.54, 1.807) is 14.2 Å². The topological polar surface area (TPSA) is 33.7 Å². The molecule has 4 nitrogen and oxygen atoms in total. The van der Waals surface area contributed by atoms with Crippen molar-refractivity contribution in [3.05, 3.63) is 22.2 Å². The second-order valence-electron chi connectivity index (χ2n) is 4.68. The summed E-state index contributed by atoms with van der Waals surface area (Å²) in [4.78, 5) is 2.46. The lowest BCUT2D eigenvalue weighted by molar-refractivity contribution is 0.282. The molecule has 114 valence electrons. The molecule has 1 fully saturated rings. The number of nitrogens with one attached hydrogen (secondary N) is 1. The minimum Gasteiger partial charge on any atom is -0.493 e. The summed E-state index contributed by atoms with van der Waals surface area (Å²) in [5.74, 6) is 1.55. The monoisotopic (exact) mass is 364 g/mol. The molecule has 0 atom stereocenters. The molecule has 1 aliphatic rings. The van der Waals surface area contributed by atoms with E-state index in [4.69, 9.17) is 9.47 Å². The van der Waals surface area contributed by atoms with E-state index < -0.39 is 0 Å². The van der Waals surface area contributed by atoms with Crippen LogP contribution in [-0.2, 0) is 6.54 Å². The molecule has 1 heterocycles. The second kappa shape index (κ2) is 8.72. The van der Waals surface area contributed by atoms with Gasteiger partial charge in [-0.25, -0.2) is 0 Å². The van der Waals surface area contributed by atoms with Gasteiger partial charge in [-0.05, 0) is 37.2 Å². The van der Waals surface area contributed by atoms with Crippen LogP contribution in [0.5, 0.6) is 11.5 Å². The minimum atomic E-state index is 0. The van der Waals surface area contributed by atoms with Crippen LogP contribution < -0.4 is 14.8 Å². The highest BCUT2D eigenvalue weighted by Crippen LogP contribution is 2.33. The highest BCUT2D eigenvalue weighted by atomic mass is 79.9. The molecule has 20 heavy (non-hydrogen) atoms. The van der Waals surface area contributed by atoms with Gasteiger partial charge in [0.25, 0.3) is 0 Å². The highest BCUT2D eigenvalue weighted by molar-refractivity contribution is 9.10. The number of halogens is 2. The molecule has 0 aliphatic carbocycles. The molecule has 1 aliphatic heterocycles. The van der Waals surface area contributed by atoms with Crippen molar-refractivity contribution in [2.75, 3.05) is 40.4 Å². The van der Waals surface area contributed by atoms with E-state index in [0.717, 1.165) is 48.7 Å². The predicted molar refractivity (Wildman–Crippen MR) is 87.3 cm³/mol.